The van der Waals surface area contributed by atoms with Gasteiger partial charge in [0.2, 0.25) is 0 Å². The lowest BCUT2D eigenvalue weighted by molar-refractivity contribution is 0.668. The smallest absolute Gasteiger partial charge is 0.167 e. The second kappa shape index (κ2) is 14.8. The fourth-order valence-corrected chi connectivity index (χ4v) is 11.6. The molecule has 0 saturated heterocycles. The maximum atomic E-state index is 6.96. The van der Waals surface area contributed by atoms with Crippen molar-refractivity contribution in [2.75, 3.05) is 0 Å². The third-order valence-electron chi connectivity index (χ3n) is 14.7. The summed E-state index contributed by atoms with van der Waals surface area (Å²) in [6, 6.07) is 79.1. The van der Waals surface area contributed by atoms with E-state index in [1.54, 1.807) is 0 Å². The van der Waals surface area contributed by atoms with Crippen LogP contribution in [0.2, 0.25) is 0 Å². The van der Waals surface area contributed by atoms with Gasteiger partial charge in [-0.1, -0.05) is 152 Å². The van der Waals surface area contributed by atoms with Crippen molar-refractivity contribution in [2.24, 2.45) is 0 Å². The van der Waals surface area contributed by atoms with Gasteiger partial charge < -0.3 is 18.0 Å². The molecular formula is C65H37N5O2. The lowest BCUT2D eigenvalue weighted by atomic mass is 10.0. The Hall–Kier alpha value is -9.85. The van der Waals surface area contributed by atoms with E-state index in [2.05, 4.69) is 191 Å². The summed E-state index contributed by atoms with van der Waals surface area (Å²) < 4.78 is 18.2. The number of para-hydroxylation sites is 4. The van der Waals surface area contributed by atoms with Gasteiger partial charge in [-0.25, -0.2) is 15.0 Å². The summed E-state index contributed by atoms with van der Waals surface area (Å²) in [5.41, 5.74) is 11.9. The fourth-order valence-electron chi connectivity index (χ4n) is 11.6. The van der Waals surface area contributed by atoms with Gasteiger partial charge in [0.1, 0.15) is 22.3 Å². The molecule has 0 unspecified atom stereocenters. The van der Waals surface area contributed by atoms with Crippen molar-refractivity contribution in [3.05, 3.63) is 224 Å². The van der Waals surface area contributed by atoms with E-state index < -0.39 is 0 Å². The Morgan fingerprint density at radius 2 is 0.847 bits per heavy atom. The number of fused-ring (bicyclic) bond motifs is 15. The van der Waals surface area contributed by atoms with Crippen LogP contribution in [0.4, 0.5) is 0 Å². The molecule has 11 aromatic carbocycles. The van der Waals surface area contributed by atoms with Gasteiger partial charge in [-0.2, -0.15) is 0 Å². The van der Waals surface area contributed by atoms with Crippen molar-refractivity contribution >= 4 is 109 Å². The van der Waals surface area contributed by atoms with Crippen LogP contribution in [0.1, 0.15) is 0 Å². The Morgan fingerprint density at radius 1 is 0.278 bits per heavy atom. The SMILES string of the molecule is c1ccc(-n2c3ccccc3c3c(-c4nc(-c5cc(-n6c7cc8ccccc8cc7c7c8ccccc8ccc76)cc6c5oc5ccccc56)nc(-c5cccc6oc7ccccc7c56)n4)cccc32)cc1. The van der Waals surface area contributed by atoms with E-state index in [0.29, 0.717) is 23.1 Å². The summed E-state index contributed by atoms with van der Waals surface area (Å²) in [6.45, 7) is 0. The Labute approximate surface area is 410 Å². The van der Waals surface area contributed by atoms with Gasteiger partial charge in [0.15, 0.2) is 17.5 Å². The molecule has 0 bridgehead atoms. The molecule has 16 rings (SSSR count). The summed E-state index contributed by atoms with van der Waals surface area (Å²) in [5, 5.41) is 13.2. The second-order valence-corrected chi connectivity index (χ2v) is 18.7. The molecule has 334 valence electrons. The summed E-state index contributed by atoms with van der Waals surface area (Å²) in [6.07, 6.45) is 0. The Bertz CT molecular complexity index is 4940. The standard InChI is InChI=1S/C65H37N5O2/c1-2-19-41(20-3-1)69-52-27-11-8-23-45(52)60-47(25-14-28-53(60)69)63-66-64(48-26-15-31-58-61(48)46-24-10-13-30-57(46)71-58)68-65(67-63)51-37-42(36-49-44-22-9-12-29-56(44)72-62(49)51)70-54-33-32-38-16-6-7-21-43(38)59(54)50-34-39-17-4-5-18-40(39)35-55(50)70/h1-37H. The topological polar surface area (TPSA) is 74.8 Å². The number of hydrogen-bond acceptors (Lipinski definition) is 5. The first kappa shape index (κ1) is 39.0. The minimum Gasteiger partial charge on any atom is -0.456 e. The molecule has 0 saturated carbocycles. The molecule has 0 amide bonds. The molecule has 16 aromatic rings. The molecule has 0 atom stereocenters. The number of nitrogens with zero attached hydrogens (tertiary/aromatic N) is 5. The molecule has 5 heterocycles. The Kier molecular flexibility index (Phi) is 8.04. The first-order chi connectivity index (χ1) is 35.7. The lowest BCUT2D eigenvalue weighted by Crippen LogP contribution is -2.02. The van der Waals surface area contributed by atoms with Crippen molar-refractivity contribution in [2.45, 2.75) is 0 Å². The van der Waals surface area contributed by atoms with Crippen LogP contribution in [0.3, 0.4) is 0 Å². The monoisotopic (exact) mass is 919 g/mol. The number of furan rings is 2. The average molecular weight is 920 g/mol. The van der Waals surface area contributed by atoms with Gasteiger partial charge in [-0.3, -0.25) is 0 Å². The fraction of sp³-hybridized carbons (Fsp3) is 0. The highest BCUT2D eigenvalue weighted by Gasteiger charge is 2.25. The third kappa shape index (κ3) is 5.58. The lowest BCUT2D eigenvalue weighted by Gasteiger charge is -2.14. The second-order valence-electron chi connectivity index (χ2n) is 18.7. The van der Waals surface area contributed by atoms with Crippen LogP contribution >= 0.6 is 0 Å². The minimum absolute atomic E-state index is 0.492. The minimum atomic E-state index is 0.492. The number of hydrogen-bond donors (Lipinski definition) is 0. The number of rotatable bonds is 5. The number of aromatic nitrogens is 5. The number of benzene rings is 11. The molecule has 0 fully saturated rings. The molecule has 0 aliphatic rings. The highest BCUT2D eigenvalue weighted by atomic mass is 16.3. The van der Waals surface area contributed by atoms with Crippen LogP contribution in [0.25, 0.3) is 155 Å². The molecule has 0 aliphatic carbocycles. The Balaban J connectivity index is 1.04. The van der Waals surface area contributed by atoms with Crippen molar-refractivity contribution in [3.8, 4) is 45.5 Å². The average Bonchev–Trinajstić information content (AvgIpc) is 4.20. The van der Waals surface area contributed by atoms with E-state index in [1.807, 2.05) is 42.5 Å². The van der Waals surface area contributed by atoms with Crippen LogP contribution in [-0.4, -0.2) is 24.1 Å². The first-order valence-corrected chi connectivity index (χ1v) is 24.3. The van der Waals surface area contributed by atoms with Crippen molar-refractivity contribution in [1.29, 1.82) is 0 Å². The Morgan fingerprint density at radius 3 is 1.65 bits per heavy atom. The van der Waals surface area contributed by atoms with E-state index in [1.165, 1.54) is 32.3 Å². The van der Waals surface area contributed by atoms with Crippen molar-refractivity contribution in [1.82, 2.24) is 24.1 Å². The molecule has 0 radical (unpaired) electrons. The van der Waals surface area contributed by atoms with Crippen LogP contribution in [-0.2, 0) is 0 Å². The van der Waals surface area contributed by atoms with Crippen LogP contribution in [0, 0.1) is 0 Å². The predicted molar refractivity (Wildman–Crippen MR) is 294 cm³/mol. The third-order valence-corrected chi connectivity index (χ3v) is 14.7. The van der Waals surface area contributed by atoms with Gasteiger partial charge >= 0.3 is 0 Å². The summed E-state index contributed by atoms with van der Waals surface area (Å²) >= 11 is 0. The predicted octanol–water partition coefficient (Wildman–Crippen LogP) is 17.2. The molecule has 0 spiro atoms. The van der Waals surface area contributed by atoms with Crippen LogP contribution < -0.4 is 0 Å². The molecular weight excluding hydrogens is 883 g/mol. The van der Waals surface area contributed by atoms with Crippen LogP contribution in [0.15, 0.2) is 233 Å². The van der Waals surface area contributed by atoms with E-state index in [4.69, 9.17) is 23.8 Å². The zero-order valence-corrected chi connectivity index (χ0v) is 38.4. The molecule has 0 aliphatic heterocycles. The molecule has 0 N–H and O–H groups in total. The van der Waals surface area contributed by atoms with Crippen LogP contribution in [0.5, 0.6) is 0 Å². The zero-order chi connectivity index (χ0) is 47.0. The maximum absolute atomic E-state index is 6.96. The highest BCUT2D eigenvalue weighted by molar-refractivity contribution is 6.24. The van der Waals surface area contributed by atoms with E-state index >= 15 is 0 Å². The molecule has 72 heavy (non-hydrogen) atoms. The molecule has 7 heteroatoms. The van der Waals surface area contributed by atoms with E-state index in [0.717, 1.165) is 99.2 Å². The summed E-state index contributed by atoms with van der Waals surface area (Å²) in [5.74, 6) is 1.57. The largest absolute Gasteiger partial charge is 0.456 e. The zero-order valence-electron chi connectivity index (χ0n) is 38.4. The van der Waals surface area contributed by atoms with Gasteiger partial charge in [-0.05, 0) is 94.3 Å². The van der Waals surface area contributed by atoms with Gasteiger partial charge in [0.05, 0.1) is 27.6 Å². The van der Waals surface area contributed by atoms with Gasteiger partial charge in [0.25, 0.3) is 0 Å². The quantitative estimate of drug-likeness (QED) is 0.172. The molecule has 5 aromatic heterocycles. The normalized spacial score (nSPS) is 12.2. The van der Waals surface area contributed by atoms with Gasteiger partial charge in [0, 0.05) is 65.6 Å². The first-order valence-electron chi connectivity index (χ1n) is 24.3. The maximum Gasteiger partial charge on any atom is 0.167 e. The summed E-state index contributed by atoms with van der Waals surface area (Å²) in [4.78, 5) is 16.6. The van der Waals surface area contributed by atoms with E-state index in [-0.39, 0.29) is 0 Å². The molecule has 7 nitrogen and oxygen atoms in total. The van der Waals surface area contributed by atoms with Gasteiger partial charge in [-0.15, -0.1) is 0 Å². The summed E-state index contributed by atoms with van der Waals surface area (Å²) in [7, 11) is 0. The van der Waals surface area contributed by atoms with Crippen molar-refractivity contribution in [3.63, 3.8) is 0 Å². The van der Waals surface area contributed by atoms with Crippen molar-refractivity contribution < 1.29 is 8.83 Å². The van der Waals surface area contributed by atoms with E-state index in [9.17, 15) is 0 Å². The highest BCUT2D eigenvalue weighted by Crippen LogP contribution is 2.45.